The fourth-order valence-electron chi connectivity index (χ4n) is 1.60. The van der Waals surface area contributed by atoms with Crippen LogP contribution in [-0.4, -0.2) is 57.9 Å². The lowest BCUT2D eigenvalue weighted by molar-refractivity contribution is -0.119. The molecule has 0 spiro atoms. The third-order valence-electron chi connectivity index (χ3n) is 2.60. The topological polar surface area (TPSA) is 66.4 Å². The van der Waals surface area contributed by atoms with E-state index >= 15 is 0 Å². The third-order valence-corrected chi connectivity index (χ3v) is 3.41. The Hall–Kier alpha value is -1.50. The first-order valence-corrected chi connectivity index (χ1v) is 5.77. The largest absolute Gasteiger partial charge is 0.342 e. The van der Waals surface area contributed by atoms with Crippen LogP contribution in [0.15, 0.2) is 0 Å². The maximum Gasteiger partial charge on any atom is 0.267 e. The lowest BCUT2D eigenvalue weighted by atomic mass is 10.3. The molecule has 0 saturated carbocycles. The number of amides is 2. The van der Waals surface area contributed by atoms with Gasteiger partial charge in [0, 0.05) is 26.2 Å². The highest BCUT2D eigenvalue weighted by Gasteiger charge is 2.24. The van der Waals surface area contributed by atoms with E-state index in [1.807, 2.05) is 0 Å². The second-order valence-corrected chi connectivity index (χ2v) is 4.38. The molecule has 2 rings (SSSR count). The van der Waals surface area contributed by atoms with Crippen molar-refractivity contribution < 1.29 is 9.59 Å². The summed E-state index contributed by atoms with van der Waals surface area (Å²) in [5.41, 5.74) is 0.674. The van der Waals surface area contributed by atoms with Gasteiger partial charge < -0.3 is 9.80 Å². The molecule has 0 N–H and O–H groups in total. The molecule has 16 heavy (non-hydrogen) atoms. The predicted octanol–water partition coefficient (Wildman–Crippen LogP) is -0.239. The minimum Gasteiger partial charge on any atom is -0.342 e. The minimum absolute atomic E-state index is 0.0296. The standard InChI is InChI=1S/C9H12N4O2S/c1-7-8(16-11-10-7)9(15)13-4-2-12(6-14)3-5-13/h6H,2-5H2,1H3. The van der Waals surface area contributed by atoms with Crippen LogP contribution in [0.2, 0.25) is 0 Å². The molecule has 6 nitrogen and oxygen atoms in total. The van der Waals surface area contributed by atoms with Crippen molar-refractivity contribution in [2.24, 2.45) is 0 Å². The van der Waals surface area contributed by atoms with Gasteiger partial charge in [0.2, 0.25) is 6.41 Å². The van der Waals surface area contributed by atoms with E-state index in [9.17, 15) is 9.59 Å². The third kappa shape index (κ3) is 2.04. The monoisotopic (exact) mass is 240 g/mol. The summed E-state index contributed by atoms with van der Waals surface area (Å²) in [6.45, 7) is 4.13. The molecule has 1 aliphatic heterocycles. The molecular weight excluding hydrogens is 228 g/mol. The molecule has 7 heteroatoms. The smallest absolute Gasteiger partial charge is 0.267 e. The van der Waals surface area contributed by atoms with Gasteiger partial charge in [-0.3, -0.25) is 9.59 Å². The van der Waals surface area contributed by atoms with Gasteiger partial charge in [-0.15, -0.1) is 5.10 Å². The van der Waals surface area contributed by atoms with Crippen LogP contribution >= 0.6 is 11.5 Å². The number of aromatic nitrogens is 2. The molecule has 1 aliphatic rings. The Balaban J connectivity index is 2.02. The van der Waals surface area contributed by atoms with Crippen molar-refractivity contribution in [2.75, 3.05) is 26.2 Å². The van der Waals surface area contributed by atoms with E-state index in [4.69, 9.17) is 0 Å². The Labute approximate surface area is 97.0 Å². The number of carbonyl (C=O) groups is 2. The summed E-state index contributed by atoms with van der Waals surface area (Å²) >= 11 is 1.12. The second kappa shape index (κ2) is 4.56. The normalized spacial score (nSPS) is 16.3. The molecule has 0 aliphatic carbocycles. The van der Waals surface area contributed by atoms with E-state index in [0.717, 1.165) is 17.9 Å². The number of aryl methyl sites for hydroxylation is 1. The van der Waals surface area contributed by atoms with E-state index in [-0.39, 0.29) is 5.91 Å². The van der Waals surface area contributed by atoms with E-state index in [1.54, 1.807) is 16.7 Å². The molecule has 2 amide bonds. The summed E-state index contributed by atoms with van der Waals surface area (Å²) < 4.78 is 3.75. The molecule has 0 aromatic carbocycles. The second-order valence-electron chi connectivity index (χ2n) is 3.62. The number of nitrogens with zero attached hydrogens (tertiary/aromatic N) is 4. The van der Waals surface area contributed by atoms with Crippen molar-refractivity contribution in [1.29, 1.82) is 0 Å². The quantitative estimate of drug-likeness (QED) is 0.669. The Bertz CT molecular complexity index is 398. The van der Waals surface area contributed by atoms with Gasteiger partial charge in [0.15, 0.2) is 0 Å². The van der Waals surface area contributed by atoms with Crippen LogP contribution in [0.4, 0.5) is 0 Å². The zero-order valence-corrected chi connectivity index (χ0v) is 9.74. The Morgan fingerprint density at radius 3 is 2.56 bits per heavy atom. The first kappa shape index (κ1) is 11.0. The fourth-order valence-corrected chi connectivity index (χ4v) is 2.23. The van der Waals surface area contributed by atoms with E-state index < -0.39 is 0 Å². The number of hydrogen-bond acceptors (Lipinski definition) is 5. The molecule has 0 atom stereocenters. The highest BCUT2D eigenvalue weighted by atomic mass is 32.1. The molecule has 86 valence electrons. The summed E-state index contributed by atoms with van der Waals surface area (Å²) in [6.07, 6.45) is 0.821. The van der Waals surface area contributed by atoms with Crippen molar-refractivity contribution >= 4 is 23.8 Å². The number of rotatable bonds is 2. The van der Waals surface area contributed by atoms with Crippen LogP contribution < -0.4 is 0 Å². The SMILES string of the molecule is Cc1nnsc1C(=O)N1CCN(C=O)CC1. The Kier molecular flexibility index (Phi) is 3.14. The van der Waals surface area contributed by atoms with Gasteiger partial charge >= 0.3 is 0 Å². The number of piperazine rings is 1. The maximum atomic E-state index is 12.0. The molecule has 2 heterocycles. The average Bonchev–Trinajstić information content (AvgIpc) is 2.75. The van der Waals surface area contributed by atoms with Crippen LogP contribution in [0.25, 0.3) is 0 Å². The van der Waals surface area contributed by atoms with Crippen LogP contribution in [0, 0.1) is 6.92 Å². The van der Waals surface area contributed by atoms with Crippen molar-refractivity contribution in [3.63, 3.8) is 0 Å². The fraction of sp³-hybridized carbons (Fsp3) is 0.556. The minimum atomic E-state index is -0.0296. The van der Waals surface area contributed by atoms with Crippen LogP contribution in [0.1, 0.15) is 15.4 Å². The molecule has 0 bridgehead atoms. The summed E-state index contributed by atoms with van der Waals surface area (Å²) in [5.74, 6) is -0.0296. The lowest BCUT2D eigenvalue weighted by Gasteiger charge is -2.32. The summed E-state index contributed by atoms with van der Waals surface area (Å²) in [4.78, 5) is 26.6. The van der Waals surface area contributed by atoms with E-state index in [2.05, 4.69) is 9.59 Å². The molecule has 1 aromatic heterocycles. The van der Waals surface area contributed by atoms with Crippen molar-refractivity contribution in [2.45, 2.75) is 6.92 Å². The van der Waals surface area contributed by atoms with Crippen LogP contribution in [0.3, 0.4) is 0 Å². The Morgan fingerprint density at radius 2 is 2.06 bits per heavy atom. The molecule has 1 saturated heterocycles. The van der Waals surface area contributed by atoms with Crippen molar-refractivity contribution in [1.82, 2.24) is 19.4 Å². The lowest BCUT2D eigenvalue weighted by Crippen LogP contribution is -2.48. The molecule has 1 aromatic rings. The van der Waals surface area contributed by atoms with Gasteiger partial charge in [0.05, 0.1) is 5.69 Å². The highest BCUT2D eigenvalue weighted by Crippen LogP contribution is 2.13. The van der Waals surface area contributed by atoms with E-state index in [1.165, 1.54) is 0 Å². The van der Waals surface area contributed by atoms with Gasteiger partial charge in [-0.1, -0.05) is 4.49 Å². The van der Waals surface area contributed by atoms with Crippen molar-refractivity contribution in [3.05, 3.63) is 10.6 Å². The number of hydrogen-bond donors (Lipinski definition) is 0. The first-order valence-electron chi connectivity index (χ1n) is 5.00. The molecule has 0 radical (unpaired) electrons. The molecule has 0 unspecified atom stereocenters. The van der Waals surface area contributed by atoms with Gasteiger partial charge in [-0.05, 0) is 18.5 Å². The predicted molar refractivity (Wildman–Crippen MR) is 58.2 cm³/mol. The van der Waals surface area contributed by atoms with Crippen LogP contribution in [-0.2, 0) is 4.79 Å². The highest BCUT2D eigenvalue weighted by molar-refractivity contribution is 7.07. The van der Waals surface area contributed by atoms with Crippen LogP contribution in [0.5, 0.6) is 0 Å². The van der Waals surface area contributed by atoms with E-state index in [0.29, 0.717) is 36.8 Å². The summed E-state index contributed by atoms with van der Waals surface area (Å²) in [7, 11) is 0. The van der Waals surface area contributed by atoms with Gasteiger partial charge in [0.1, 0.15) is 4.88 Å². The zero-order valence-electron chi connectivity index (χ0n) is 8.92. The summed E-state index contributed by atoms with van der Waals surface area (Å²) in [6, 6.07) is 0. The maximum absolute atomic E-state index is 12.0. The number of carbonyl (C=O) groups excluding carboxylic acids is 2. The summed E-state index contributed by atoms with van der Waals surface area (Å²) in [5, 5.41) is 3.82. The van der Waals surface area contributed by atoms with Crippen molar-refractivity contribution in [3.8, 4) is 0 Å². The zero-order chi connectivity index (χ0) is 11.5. The van der Waals surface area contributed by atoms with Gasteiger partial charge in [-0.2, -0.15) is 0 Å². The molecule has 1 fully saturated rings. The Morgan fingerprint density at radius 1 is 1.38 bits per heavy atom. The average molecular weight is 240 g/mol. The van der Waals surface area contributed by atoms with Gasteiger partial charge in [-0.25, -0.2) is 0 Å². The van der Waals surface area contributed by atoms with Gasteiger partial charge in [0.25, 0.3) is 5.91 Å². The first-order chi connectivity index (χ1) is 7.72. The molecular formula is C9H12N4O2S.